The van der Waals surface area contributed by atoms with E-state index < -0.39 is 12.0 Å². The van der Waals surface area contributed by atoms with Gasteiger partial charge in [-0.2, -0.15) is 4.98 Å². The van der Waals surface area contributed by atoms with Crippen molar-refractivity contribution < 1.29 is 19.2 Å². The summed E-state index contributed by atoms with van der Waals surface area (Å²) >= 11 is 0. The number of carbonyl (C=O) groups excluding carboxylic acids is 1. The Hall–Kier alpha value is -2.90. The third-order valence-electron chi connectivity index (χ3n) is 2.38. The number of nitrogens with one attached hydrogen (secondary N) is 2. The molecule has 104 valence electrons. The van der Waals surface area contributed by atoms with Crippen molar-refractivity contribution >= 4 is 17.7 Å². The minimum absolute atomic E-state index is 0.0513. The second-order valence-corrected chi connectivity index (χ2v) is 3.92. The largest absolute Gasteiger partial charge is 0.481 e. The number of hydrogen-bond donors (Lipinski definition) is 3. The molecular weight excluding hydrogens is 264 g/mol. The summed E-state index contributed by atoms with van der Waals surface area (Å²) in [5.41, 5.74) is 1.22. The fourth-order valence-electron chi connectivity index (χ4n) is 1.49. The summed E-state index contributed by atoms with van der Waals surface area (Å²) in [5, 5.41) is 17.3. The van der Waals surface area contributed by atoms with Gasteiger partial charge in [0.1, 0.15) is 0 Å². The summed E-state index contributed by atoms with van der Waals surface area (Å²) in [4.78, 5) is 25.9. The predicted molar refractivity (Wildman–Crippen MR) is 67.9 cm³/mol. The molecule has 1 aromatic heterocycles. The number of anilines is 1. The first-order chi connectivity index (χ1) is 9.63. The Labute approximate surface area is 113 Å². The lowest BCUT2D eigenvalue weighted by atomic mass is 10.1. The van der Waals surface area contributed by atoms with E-state index in [1.807, 2.05) is 0 Å². The first-order valence-electron chi connectivity index (χ1n) is 5.74. The maximum absolute atomic E-state index is 11.6. The average molecular weight is 276 g/mol. The number of hydrogen-bond acceptors (Lipinski definition) is 5. The van der Waals surface area contributed by atoms with Crippen molar-refractivity contribution in [2.24, 2.45) is 0 Å². The van der Waals surface area contributed by atoms with Crippen LogP contribution >= 0.6 is 0 Å². The third kappa shape index (κ3) is 4.09. The highest BCUT2D eigenvalue weighted by Gasteiger charge is 2.05. The van der Waals surface area contributed by atoms with Crippen LogP contribution in [-0.2, 0) is 17.8 Å². The van der Waals surface area contributed by atoms with Gasteiger partial charge < -0.3 is 20.3 Å². The van der Waals surface area contributed by atoms with Gasteiger partial charge in [0.05, 0.1) is 13.0 Å². The summed E-state index contributed by atoms with van der Waals surface area (Å²) in [6, 6.07) is 6.13. The maximum Gasteiger partial charge on any atom is 0.319 e. The average Bonchev–Trinajstić information content (AvgIpc) is 2.91. The van der Waals surface area contributed by atoms with Crippen molar-refractivity contribution in [1.82, 2.24) is 15.5 Å². The Morgan fingerprint density at radius 2 is 2.00 bits per heavy atom. The van der Waals surface area contributed by atoms with Gasteiger partial charge in [-0.25, -0.2) is 4.79 Å². The van der Waals surface area contributed by atoms with E-state index >= 15 is 0 Å². The van der Waals surface area contributed by atoms with Gasteiger partial charge in [-0.15, -0.1) is 0 Å². The molecule has 0 aliphatic heterocycles. The minimum atomic E-state index is -0.899. The first-order valence-corrected chi connectivity index (χ1v) is 5.74. The summed E-state index contributed by atoms with van der Waals surface area (Å²) < 4.78 is 4.53. The Morgan fingerprint density at radius 3 is 2.60 bits per heavy atom. The van der Waals surface area contributed by atoms with Crippen LogP contribution in [-0.4, -0.2) is 27.2 Å². The molecule has 0 saturated carbocycles. The van der Waals surface area contributed by atoms with E-state index in [1.54, 1.807) is 24.3 Å². The number of carboxylic acids is 1. The molecule has 0 atom stereocenters. The van der Waals surface area contributed by atoms with Gasteiger partial charge in [0, 0.05) is 5.69 Å². The molecule has 2 aromatic rings. The summed E-state index contributed by atoms with van der Waals surface area (Å²) in [6.45, 7) is 0.152. The molecule has 0 saturated heterocycles. The molecule has 1 heterocycles. The molecule has 0 spiro atoms. The number of amides is 2. The molecule has 0 aliphatic rings. The molecule has 2 amide bonds. The molecule has 0 aliphatic carbocycles. The molecule has 8 nitrogen and oxygen atoms in total. The molecule has 0 bridgehead atoms. The fraction of sp³-hybridized carbons (Fsp3) is 0.167. The molecule has 2 rings (SSSR count). The number of carboxylic acid groups (broad SMARTS) is 1. The van der Waals surface area contributed by atoms with Gasteiger partial charge in [0.2, 0.25) is 6.39 Å². The maximum atomic E-state index is 11.6. The minimum Gasteiger partial charge on any atom is -0.481 e. The van der Waals surface area contributed by atoms with Crippen molar-refractivity contribution in [1.29, 1.82) is 0 Å². The summed E-state index contributed by atoms with van der Waals surface area (Å²) in [6.07, 6.45) is 1.13. The smallest absolute Gasteiger partial charge is 0.319 e. The van der Waals surface area contributed by atoms with Crippen LogP contribution in [0.1, 0.15) is 11.4 Å². The van der Waals surface area contributed by atoms with Crippen LogP contribution in [0, 0.1) is 0 Å². The molecular formula is C12H12N4O4. The Morgan fingerprint density at radius 1 is 1.25 bits per heavy atom. The highest BCUT2D eigenvalue weighted by molar-refractivity contribution is 5.89. The van der Waals surface area contributed by atoms with Crippen molar-refractivity contribution in [3.63, 3.8) is 0 Å². The van der Waals surface area contributed by atoms with Crippen molar-refractivity contribution in [3.8, 4) is 0 Å². The Bertz CT molecular complexity index is 580. The lowest BCUT2D eigenvalue weighted by Gasteiger charge is -2.06. The van der Waals surface area contributed by atoms with Crippen LogP contribution in [0.15, 0.2) is 35.2 Å². The van der Waals surface area contributed by atoms with E-state index in [4.69, 9.17) is 5.11 Å². The standard InChI is InChI=1S/C12H12N4O4/c17-11(18)5-8-1-3-9(4-2-8)15-12(19)13-6-10-14-7-20-16-10/h1-4,7H,5-6H2,(H,17,18)(H2,13,15,19). The second kappa shape index (κ2) is 6.32. The third-order valence-corrected chi connectivity index (χ3v) is 2.38. The quantitative estimate of drug-likeness (QED) is 0.750. The molecule has 0 fully saturated rings. The van der Waals surface area contributed by atoms with Gasteiger partial charge in [0.25, 0.3) is 0 Å². The van der Waals surface area contributed by atoms with Crippen LogP contribution in [0.3, 0.4) is 0 Å². The highest BCUT2D eigenvalue weighted by Crippen LogP contribution is 2.10. The zero-order valence-electron chi connectivity index (χ0n) is 10.4. The molecule has 0 radical (unpaired) electrons. The number of urea groups is 1. The van der Waals surface area contributed by atoms with Gasteiger partial charge in [0.15, 0.2) is 5.82 Å². The van der Waals surface area contributed by atoms with Crippen LogP contribution in [0.2, 0.25) is 0 Å². The molecule has 8 heteroatoms. The Balaban J connectivity index is 1.83. The van der Waals surface area contributed by atoms with E-state index in [9.17, 15) is 9.59 Å². The van der Waals surface area contributed by atoms with E-state index in [0.29, 0.717) is 17.1 Å². The topological polar surface area (TPSA) is 117 Å². The predicted octanol–water partition coefficient (Wildman–Crippen LogP) is 1.02. The summed E-state index contributed by atoms with van der Waals surface area (Å²) in [5.74, 6) is -0.527. The number of aromatic nitrogens is 2. The monoisotopic (exact) mass is 276 g/mol. The SMILES string of the molecule is O=C(O)Cc1ccc(NC(=O)NCc2ncon2)cc1. The van der Waals surface area contributed by atoms with Crippen LogP contribution in [0.5, 0.6) is 0 Å². The molecule has 20 heavy (non-hydrogen) atoms. The number of benzene rings is 1. The van der Waals surface area contributed by atoms with Crippen LogP contribution in [0.4, 0.5) is 10.5 Å². The molecule has 3 N–H and O–H groups in total. The van der Waals surface area contributed by atoms with Gasteiger partial charge in [-0.1, -0.05) is 17.3 Å². The van der Waals surface area contributed by atoms with Gasteiger partial charge in [-0.05, 0) is 17.7 Å². The normalized spacial score (nSPS) is 10.0. The highest BCUT2D eigenvalue weighted by atomic mass is 16.5. The second-order valence-electron chi connectivity index (χ2n) is 3.92. The number of aliphatic carboxylic acids is 1. The van der Waals surface area contributed by atoms with E-state index in [1.165, 1.54) is 6.39 Å². The van der Waals surface area contributed by atoms with Crippen LogP contribution < -0.4 is 10.6 Å². The number of carbonyl (C=O) groups is 2. The van der Waals surface area contributed by atoms with E-state index in [-0.39, 0.29) is 13.0 Å². The first kappa shape index (κ1) is 13.5. The van der Waals surface area contributed by atoms with Crippen molar-refractivity contribution in [3.05, 3.63) is 42.0 Å². The lowest BCUT2D eigenvalue weighted by molar-refractivity contribution is -0.136. The van der Waals surface area contributed by atoms with Crippen LogP contribution in [0.25, 0.3) is 0 Å². The fourth-order valence-corrected chi connectivity index (χ4v) is 1.49. The van der Waals surface area contributed by atoms with Crippen molar-refractivity contribution in [2.75, 3.05) is 5.32 Å². The van der Waals surface area contributed by atoms with Crippen molar-refractivity contribution in [2.45, 2.75) is 13.0 Å². The van der Waals surface area contributed by atoms with Gasteiger partial charge in [-0.3, -0.25) is 4.79 Å². The zero-order chi connectivity index (χ0) is 14.4. The molecule has 0 unspecified atom stereocenters. The van der Waals surface area contributed by atoms with E-state index in [0.717, 1.165) is 0 Å². The zero-order valence-corrected chi connectivity index (χ0v) is 10.4. The number of nitrogens with zero attached hydrogens (tertiary/aromatic N) is 2. The summed E-state index contributed by atoms with van der Waals surface area (Å²) in [7, 11) is 0. The molecule has 1 aromatic carbocycles. The lowest BCUT2D eigenvalue weighted by Crippen LogP contribution is -2.28. The Kier molecular flexibility index (Phi) is 4.28. The number of rotatable bonds is 5. The van der Waals surface area contributed by atoms with Gasteiger partial charge >= 0.3 is 12.0 Å². The van der Waals surface area contributed by atoms with E-state index in [2.05, 4.69) is 25.3 Å².